The average molecular weight is 223 g/mol. The van der Waals surface area contributed by atoms with Crippen LogP contribution < -0.4 is 0 Å². The van der Waals surface area contributed by atoms with Crippen molar-refractivity contribution in [1.29, 1.82) is 0 Å². The van der Waals surface area contributed by atoms with Crippen molar-refractivity contribution in [3.8, 4) is 0 Å². The maximum Gasteiger partial charge on any atom is 0.174 e. The Labute approximate surface area is 95.3 Å². The summed E-state index contributed by atoms with van der Waals surface area (Å²) in [5.41, 5.74) is 1.68. The lowest BCUT2D eigenvalue weighted by molar-refractivity contribution is -0.156. The van der Waals surface area contributed by atoms with Crippen molar-refractivity contribution in [3.63, 3.8) is 0 Å². The molecular weight excluding hydrogens is 206 g/mol. The third kappa shape index (κ3) is 3.00. The Kier molecular flexibility index (Phi) is 3.85. The van der Waals surface area contributed by atoms with Crippen LogP contribution in [0.5, 0.6) is 0 Å². The maximum absolute atomic E-state index is 11.1. The standard InChI is InChI=1S/C12H17NO3/c1-9(14)11-6-10(7-13-11)8-16-12-4-2-3-5-15-12/h7,12H,2-6,8H2,1H3. The van der Waals surface area contributed by atoms with Crippen LogP contribution in [-0.4, -0.2) is 31.0 Å². The first kappa shape index (κ1) is 11.5. The average Bonchev–Trinajstić information content (AvgIpc) is 2.76. The lowest BCUT2D eigenvalue weighted by Gasteiger charge is -2.22. The normalized spacial score (nSPS) is 25.2. The summed E-state index contributed by atoms with van der Waals surface area (Å²) < 4.78 is 11.1. The predicted octanol–water partition coefficient (Wildman–Crippen LogP) is 1.85. The van der Waals surface area contributed by atoms with Gasteiger partial charge >= 0.3 is 0 Å². The van der Waals surface area contributed by atoms with E-state index in [0.29, 0.717) is 18.7 Å². The van der Waals surface area contributed by atoms with Gasteiger partial charge in [0.2, 0.25) is 0 Å². The second-order valence-corrected chi connectivity index (χ2v) is 4.20. The van der Waals surface area contributed by atoms with Gasteiger partial charge in [-0.15, -0.1) is 0 Å². The highest BCUT2D eigenvalue weighted by molar-refractivity contribution is 6.40. The van der Waals surface area contributed by atoms with Crippen molar-refractivity contribution in [2.45, 2.75) is 38.9 Å². The molecule has 16 heavy (non-hydrogen) atoms. The molecule has 1 atom stereocenters. The van der Waals surface area contributed by atoms with Crippen molar-refractivity contribution < 1.29 is 14.3 Å². The molecule has 88 valence electrons. The molecule has 2 rings (SSSR count). The molecule has 2 aliphatic rings. The summed E-state index contributed by atoms with van der Waals surface area (Å²) in [5.74, 6) is 0.0418. The van der Waals surface area contributed by atoms with Gasteiger partial charge in [-0.3, -0.25) is 9.79 Å². The van der Waals surface area contributed by atoms with E-state index in [2.05, 4.69) is 4.99 Å². The molecule has 0 amide bonds. The molecule has 0 N–H and O–H groups in total. The minimum Gasteiger partial charge on any atom is -0.353 e. The van der Waals surface area contributed by atoms with Crippen LogP contribution in [-0.2, 0) is 14.3 Å². The molecule has 1 unspecified atom stereocenters. The molecule has 0 saturated carbocycles. The maximum atomic E-state index is 11.1. The Morgan fingerprint density at radius 1 is 1.62 bits per heavy atom. The highest BCUT2D eigenvalue weighted by atomic mass is 16.7. The van der Waals surface area contributed by atoms with Gasteiger partial charge in [0.05, 0.1) is 12.3 Å². The van der Waals surface area contributed by atoms with Gasteiger partial charge in [0.25, 0.3) is 0 Å². The molecule has 1 fully saturated rings. The Morgan fingerprint density at radius 2 is 2.50 bits per heavy atom. The zero-order chi connectivity index (χ0) is 11.4. The number of Topliss-reactive ketones (excluding diaryl/α,β-unsaturated/α-hetero) is 1. The molecular formula is C12H17NO3. The summed E-state index contributed by atoms with van der Waals surface area (Å²) in [4.78, 5) is 15.1. The SMILES string of the molecule is CC(=O)C1=NC=C(COC2CCCCO2)C1. The summed E-state index contributed by atoms with van der Waals surface area (Å²) in [6, 6.07) is 0. The second kappa shape index (κ2) is 5.37. The van der Waals surface area contributed by atoms with Gasteiger partial charge in [0, 0.05) is 26.2 Å². The summed E-state index contributed by atoms with van der Waals surface area (Å²) in [5, 5.41) is 0. The summed E-state index contributed by atoms with van der Waals surface area (Å²) in [6.45, 7) is 2.85. The fraction of sp³-hybridized carbons (Fsp3) is 0.667. The fourth-order valence-corrected chi connectivity index (χ4v) is 1.82. The van der Waals surface area contributed by atoms with Crippen LogP contribution in [0.3, 0.4) is 0 Å². The Hall–Kier alpha value is -1.00. The zero-order valence-electron chi connectivity index (χ0n) is 9.57. The molecule has 2 heterocycles. The number of ketones is 1. The van der Waals surface area contributed by atoms with E-state index < -0.39 is 0 Å². The number of aliphatic imine (C=N–C) groups is 1. The van der Waals surface area contributed by atoms with Gasteiger partial charge in [0.15, 0.2) is 12.1 Å². The molecule has 0 aromatic heterocycles. The number of ether oxygens (including phenoxy) is 2. The second-order valence-electron chi connectivity index (χ2n) is 4.20. The number of carbonyl (C=O) groups is 1. The van der Waals surface area contributed by atoms with Gasteiger partial charge in [-0.05, 0) is 24.8 Å². The van der Waals surface area contributed by atoms with Gasteiger partial charge in [0.1, 0.15) is 0 Å². The van der Waals surface area contributed by atoms with E-state index in [0.717, 1.165) is 25.0 Å². The van der Waals surface area contributed by atoms with Crippen molar-refractivity contribution in [1.82, 2.24) is 0 Å². The third-order valence-corrected chi connectivity index (χ3v) is 2.80. The monoisotopic (exact) mass is 223 g/mol. The van der Waals surface area contributed by atoms with E-state index in [1.54, 1.807) is 13.1 Å². The Bertz CT molecular complexity index is 327. The van der Waals surface area contributed by atoms with Crippen LogP contribution in [0.25, 0.3) is 0 Å². The third-order valence-electron chi connectivity index (χ3n) is 2.80. The van der Waals surface area contributed by atoms with Crippen molar-refractivity contribution in [2.24, 2.45) is 4.99 Å². The van der Waals surface area contributed by atoms with Crippen LogP contribution in [0.4, 0.5) is 0 Å². The number of hydrogen-bond acceptors (Lipinski definition) is 4. The van der Waals surface area contributed by atoms with Crippen LogP contribution >= 0.6 is 0 Å². The van der Waals surface area contributed by atoms with E-state index in [4.69, 9.17) is 9.47 Å². The van der Waals surface area contributed by atoms with Crippen molar-refractivity contribution in [3.05, 3.63) is 11.8 Å². The van der Waals surface area contributed by atoms with Crippen LogP contribution in [0.2, 0.25) is 0 Å². The topological polar surface area (TPSA) is 47.9 Å². The van der Waals surface area contributed by atoms with E-state index >= 15 is 0 Å². The first-order valence-corrected chi connectivity index (χ1v) is 5.74. The zero-order valence-corrected chi connectivity index (χ0v) is 9.57. The minimum absolute atomic E-state index is 0.0418. The molecule has 4 nitrogen and oxygen atoms in total. The molecule has 0 aromatic rings. The first-order chi connectivity index (χ1) is 7.75. The van der Waals surface area contributed by atoms with E-state index in [1.165, 1.54) is 6.42 Å². The summed E-state index contributed by atoms with van der Waals surface area (Å²) >= 11 is 0. The largest absolute Gasteiger partial charge is 0.353 e. The van der Waals surface area contributed by atoms with Gasteiger partial charge < -0.3 is 9.47 Å². The van der Waals surface area contributed by atoms with Gasteiger partial charge in [-0.2, -0.15) is 0 Å². The predicted molar refractivity (Wildman–Crippen MR) is 60.4 cm³/mol. The number of carbonyl (C=O) groups excluding carboxylic acids is 1. The summed E-state index contributed by atoms with van der Waals surface area (Å²) in [7, 11) is 0. The quantitative estimate of drug-likeness (QED) is 0.730. The Balaban J connectivity index is 1.70. The molecule has 4 heteroatoms. The van der Waals surface area contributed by atoms with Gasteiger partial charge in [-0.1, -0.05) is 0 Å². The van der Waals surface area contributed by atoms with Crippen LogP contribution in [0.1, 0.15) is 32.6 Å². The van der Waals surface area contributed by atoms with Gasteiger partial charge in [-0.25, -0.2) is 0 Å². The molecule has 0 aliphatic carbocycles. The summed E-state index contributed by atoms with van der Waals surface area (Å²) in [6.07, 6.45) is 5.55. The molecule has 2 aliphatic heterocycles. The molecule has 0 spiro atoms. The van der Waals surface area contributed by atoms with Crippen molar-refractivity contribution in [2.75, 3.05) is 13.2 Å². The minimum atomic E-state index is -0.0731. The number of hydrogen-bond donors (Lipinski definition) is 0. The van der Waals surface area contributed by atoms with Crippen molar-refractivity contribution >= 4 is 11.5 Å². The van der Waals surface area contributed by atoms with Crippen LogP contribution in [0.15, 0.2) is 16.8 Å². The highest BCUT2D eigenvalue weighted by Gasteiger charge is 2.18. The number of nitrogens with zero attached hydrogens (tertiary/aromatic N) is 1. The first-order valence-electron chi connectivity index (χ1n) is 5.74. The lowest BCUT2D eigenvalue weighted by atomic mass is 10.1. The highest BCUT2D eigenvalue weighted by Crippen LogP contribution is 2.17. The van der Waals surface area contributed by atoms with E-state index in [1.807, 2.05) is 0 Å². The smallest absolute Gasteiger partial charge is 0.174 e. The molecule has 0 radical (unpaired) electrons. The molecule has 0 aromatic carbocycles. The van der Waals surface area contributed by atoms with Crippen LogP contribution in [0, 0.1) is 0 Å². The molecule has 0 bridgehead atoms. The number of rotatable bonds is 4. The Morgan fingerprint density at radius 3 is 3.12 bits per heavy atom. The van der Waals surface area contributed by atoms with E-state index in [9.17, 15) is 4.79 Å². The lowest BCUT2D eigenvalue weighted by Crippen LogP contribution is -2.23. The molecule has 1 saturated heterocycles. The van der Waals surface area contributed by atoms with E-state index in [-0.39, 0.29) is 12.1 Å². The fourth-order valence-electron chi connectivity index (χ4n) is 1.82.